The summed E-state index contributed by atoms with van der Waals surface area (Å²) in [6, 6.07) is 0. The number of carbonyl (C=O) groups is 1. The molecule has 0 aromatic carbocycles. The Morgan fingerprint density at radius 1 is 1.33 bits per heavy atom. The first-order valence-electron chi connectivity index (χ1n) is 3.28. The molecule has 0 aromatic rings. The Labute approximate surface area is 85.0 Å². The highest BCUT2D eigenvalue weighted by molar-refractivity contribution is 5.85. The summed E-state index contributed by atoms with van der Waals surface area (Å²) in [7, 11) is 0. The number of nitrogens with two attached hydrogens (primary N) is 1. The van der Waals surface area contributed by atoms with Gasteiger partial charge in [0.25, 0.3) is 0 Å². The molecule has 3 N–H and O–H groups in total. The van der Waals surface area contributed by atoms with E-state index in [0.717, 1.165) is 26.3 Å². The number of nitrogens with one attached hydrogen (secondary N) is 1. The van der Waals surface area contributed by atoms with E-state index in [9.17, 15) is 4.79 Å². The van der Waals surface area contributed by atoms with Gasteiger partial charge in [0, 0.05) is 20.0 Å². The molecule has 0 aliphatic carbocycles. The van der Waals surface area contributed by atoms with Gasteiger partial charge in [0.2, 0.25) is 5.91 Å². The molecule has 0 aromatic heterocycles. The minimum absolute atomic E-state index is 0. The molecule has 1 heterocycles. The van der Waals surface area contributed by atoms with E-state index in [1.54, 1.807) is 0 Å². The van der Waals surface area contributed by atoms with E-state index in [1.807, 2.05) is 0 Å². The maximum absolute atomic E-state index is 9.22. The number of ether oxygens (including phenoxy) is 1. The smallest absolute Gasteiger partial charge is 0.214 e. The van der Waals surface area contributed by atoms with Crippen molar-refractivity contribution in [2.24, 2.45) is 5.73 Å². The van der Waals surface area contributed by atoms with Crippen LogP contribution < -0.4 is 11.1 Å². The fourth-order valence-electron chi connectivity index (χ4n) is 0.516. The summed E-state index contributed by atoms with van der Waals surface area (Å²) in [5.41, 5.74) is 4.47. The van der Waals surface area contributed by atoms with Crippen LogP contribution in [0.1, 0.15) is 6.92 Å². The second kappa shape index (κ2) is 13.6. The molecule has 0 unspecified atom stereocenters. The molecule has 1 fully saturated rings. The highest BCUT2D eigenvalue weighted by Gasteiger charge is 1.92. The monoisotopic (exact) mass is 218 g/mol. The fourth-order valence-corrected chi connectivity index (χ4v) is 0.516. The van der Waals surface area contributed by atoms with Crippen molar-refractivity contribution in [3.8, 4) is 0 Å². The van der Waals surface area contributed by atoms with E-state index in [1.165, 1.54) is 6.92 Å². The molecule has 0 spiro atoms. The zero-order chi connectivity index (χ0) is 7.82. The van der Waals surface area contributed by atoms with E-state index in [-0.39, 0.29) is 30.7 Å². The molecule has 0 radical (unpaired) electrons. The number of carbonyl (C=O) groups excluding carboxylic acids is 1. The molecule has 6 heteroatoms. The molecule has 0 bridgehead atoms. The molecule has 0 atom stereocenters. The normalized spacial score (nSPS) is 14.1. The number of primary amides is 1. The van der Waals surface area contributed by atoms with Crippen LogP contribution in [-0.4, -0.2) is 32.2 Å². The van der Waals surface area contributed by atoms with Crippen LogP contribution in [0.4, 0.5) is 0 Å². The van der Waals surface area contributed by atoms with Gasteiger partial charge < -0.3 is 15.8 Å². The Balaban J connectivity index is -0.000000124. The van der Waals surface area contributed by atoms with Crippen molar-refractivity contribution in [1.82, 2.24) is 5.32 Å². The van der Waals surface area contributed by atoms with Crippen LogP contribution in [0.3, 0.4) is 0 Å². The first-order chi connectivity index (χ1) is 4.73. The van der Waals surface area contributed by atoms with Gasteiger partial charge in [0.15, 0.2) is 0 Å². The molecular formula is C6H16Cl2N2O2. The topological polar surface area (TPSA) is 64.3 Å². The Morgan fingerprint density at radius 3 is 1.75 bits per heavy atom. The summed E-state index contributed by atoms with van der Waals surface area (Å²) in [4.78, 5) is 9.22. The van der Waals surface area contributed by atoms with Gasteiger partial charge in [0.05, 0.1) is 13.2 Å². The molecule has 1 rings (SSSR count). The molecule has 1 aliphatic rings. The van der Waals surface area contributed by atoms with Gasteiger partial charge in [-0.2, -0.15) is 0 Å². The Morgan fingerprint density at radius 2 is 1.67 bits per heavy atom. The van der Waals surface area contributed by atoms with Crippen molar-refractivity contribution in [1.29, 1.82) is 0 Å². The molecular weight excluding hydrogens is 203 g/mol. The van der Waals surface area contributed by atoms with Gasteiger partial charge in [-0.05, 0) is 0 Å². The van der Waals surface area contributed by atoms with Crippen molar-refractivity contribution >= 4 is 30.7 Å². The Bertz CT molecular complexity index is 84.0. The molecule has 1 aliphatic heterocycles. The zero-order valence-corrected chi connectivity index (χ0v) is 8.67. The summed E-state index contributed by atoms with van der Waals surface area (Å²) in [6.45, 7) is 5.14. The molecule has 12 heavy (non-hydrogen) atoms. The molecule has 4 nitrogen and oxygen atoms in total. The Hall–Kier alpha value is -0.0300. The lowest BCUT2D eigenvalue weighted by Crippen LogP contribution is -2.30. The lowest BCUT2D eigenvalue weighted by Gasteiger charge is -2.10. The maximum Gasteiger partial charge on any atom is 0.214 e. The van der Waals surface area contributed by atoms with E-state index < -0.39 is 0 Å². The van der Waals surface area contributed by atoms with Crippen LogP contribution in [0.5, 0.6) is 0 Å². The number of rotatable bonds is 0. The van der Waals surface area contributed by atoms with Crippen molar-refractivity contribution in [2.75, 3.05) is 26.3 Å². The number of hydrogen-bond donors (Lipinski definition) is 2. The number of morpholine rings is 1. The molecule has 76 valence electrons. The first kappa shape index (κ1) is 17.9. The van der Waals surface area contributed by atoms with Crippen LogP contribution >= 0.6 is 24.8 Å². The van der Waals surface area contributed by atoms with E-state index in [2.05, 4.69) is 11.1 Å². The lowest BCUT2D eigenvalue weighted by molar-refractivity contribution is -0.115. The molecule has 1 saturated heterocycles. The van der Waals surface area contributed by atoms with Crippen LogP contribution in [0.2, 0.25) is 0 Å². The molecule has 0 saturated carbocycles. The van der Waals surface area contributed by atoms with Crippen molar-refractivity contribution in [3.63, 3.8) is 0 Å². The fraction of sp³-hybridized carbons (Fsp3) is 0.833. The van der Waals surface area contributed by atoms with E-state index >= 15 is 0 Å². The predicted molar refractivity (Wildman–Crippen MR) is 53.1 cm³/mol. The largest absolute Gasteiger partial charge is 0.379 e. The van der Waals surface area contributed by atoms with Gasteiger partial charge in [-0.1, -0.05) is 0 Å². The average Bonchev–Trinajstić information content (AvgIpc) is 1.90. The number of hydrogen-bond acceptors (Lipinski definition) is 3. The highest BCUT2D eigenvalue weighted by atomic mass is 35.5. The van der Waals surface area contributed by atoms with E-state index in [0.29, 0.717) is 0 Å². The summed E-state index contributed by atoms with van der Waals surface area (Å²) >= 11 is 0. The third-order valence-electron chi connectivity index (χ3n) is 0.846. The summed E-state index contributed by atoms with van der Waals surface area (Å²) in [5.74, 6) is -0.333. The second-order valence-corrected chi connectivity index (χ2v) is 1.97. The minimum atomic E-state index is -0.333. The summed E-state index contributed by atoms with van der Waals surface area (Å²) < 4.78 is 5.01. The van der Waals surface area contributed by atoms with Crippen molar-refractivity contribution in [3.05, 3.63) is 0 Å². The van der Waals surface area contributed by atoms with Crippen molar-refractivity contribution < 1.29 is 9.53 Å². The average molecular weight is 219 g/mol. The SMILES string of the molecule is C1COCCN1.CC(N)=O.Cl.Cl. The predicted octanol–water partition coefficient (Wildman–Crippen LogP) is -0.0586. The van der Waals surface area contributed by atoms with Gasteiger partial charge in [-0.3, -0.25) is 4.79 Å². The number of amides is 1. The van der Waals surface area contributed by atoms with Gasteiger partial charge in [-0.15, -0.1) is 24.8 Å². The third-order valence-corrected chi connectivity index (χ3v) is 0.846. The lowest BCUT2D eigenvalue weighted by atomic mass is 10.5. The van der Waals surface area contributed by atoms with Gasteiger partial charge in [-0.25, -0.2) is 0 Å². The van der Waals surface area contributed by atoms with Crippen LogP contribution in [0, 0.1) is 0 Å². The maximum atomic E-state index is 9.22. The minimum Gasteiger partial charge on any atom is -0.379 e. The van der Waals surface area contributed by atoms with E-state index in [4.69, 9.17) is 4.74 Å². The van der Waals surface area contributed by atoms with Crippen LogP contribution in [0.25, 0.3) is 0 Å². The van der Waals surface area contributed by atoms with Gasteiger partial charge in [0.1, 0.15) is 0 Å². The van der Waals surface area contributed by atoms with Crippen molar-refractivity contribution in [2.45, 2.75) is 6.92 Å². The first-order valence-corrected chi connectivity index (χ1v) is 3.28. The summed E-state index contributed by atoms with van der Waals surface area (Å²) in [6.07, 6.45) is 0. The second-order valence-electron chi connectivity index (χ2n) is 1.97. The molecule has 1 amide bonds. The van der Waals surface area contributed by atoms with Crippen LogP contribution in [0.15, 0.2) is 0 Å². The summed E-state index contributed by atoms with van der Waals surface area (Å²) in [5, 5.41) is 3.16. The quantitative estimate of drug-likeness (QED) is 0.600. The third kappa shape index (κ3) is 22.5. The van der Waals surface area contributed by atoms with Crippen LogP contribution in [-0.2, 0) is 9.53 Å². The number of halogens is 2. The Kier molecular flexibility index (Phi) is 20.2. The highest BCUT2D eigenvalue weighted by Crippen LogP contribution is 1.76. The zero-order valence-electron chi connectivity index (χ0n) is 7.04. The standard InChI is InChI=1S/C4H9NO.C2H5NO.2ClH/c1-3-6-4-2-5-1;1-2(3)4;;/h5H,1-4H2;1H3,(H2,3,4);2*1H. The van der Waals surface area contributed by atoms with Gasteiger partial charge >= 0.3 is 0 Å².